The first-order valence-electron chi connectivity index (χ1n) is 9.04. The van der Waals surface area contributed by atoms with Crippen molar-refractivity contribution >= 4 is 33.4 Å². The predicted octanol–water partition coefficient (Wildman–Crippen LogP) is 5.40. The monoisotopic (exact) mass is 458 g/mol. The molecule has 0 bridgehead atoms. The van der Waals surface area contributed by atoms with Gasteiger partial charge in [0.15, 0.2) is 11.9 Å². The average molecular weight is 459 g/mol. The molecule has 1 aliphatic heterocycles. The van der Waals surface area contributed by atoms with Gasteiger partial charge in [0.05, 0.1) is 0 Å². The van der Waals surface area contributed by atoms with Crippen molar-refractivity contribution in [2.24, 2.45) is 0 Å². The standard InChI is InChI=1S/C20H19BrN4O2S/c1-2-3-10-28-20-23-19-17(24-25-20)13-6-4-5-7-16(13)22-18(27-19)14-11-12(26)8-9-15(14)21/h4-9,11,18,22,26H,2-3,10H2,1H3/t18-/m1/s1. The van der Waals surface area contributed by atoms with Gasteiger partial charge in [0, 0.05) is 27.0 Å². The third-order valence-electron chi connectivity index (χ3n) is 4.32. The van der Waals surface area contributed by atoms with Gasteiger partial charge in [0.2, 0.25) is 11.0 Å². The Morgan fingerprint density at radius 2 is 2.07 bits per heavy atom. The summed E-state index contributed by atoms with van der Waals surface area (Å²) in [5.41, 5.74) is 3.11. The summed E-state index contributed by atoms with van der Waals surface area (Å²) in [4.78, 5) is 4.62. The molecule has 0 saturated carbocycles. The summed E-state index contributed by atoms with van der Waals surface area (Å²) in [6.07, 6.45) is 1.66. The van der Waals surface area contributed by atoms with Crippen LogP contribution < -0.4 is 10.1 Å². The SMILES string of the molecule is CCCCSc1nnc2c(n1)O[C@H](c1cc(O)ccc1Br)Nc1ccccc1-2. The first kappa shape index (κ1) is 19.0. The Bertz CT molecular complexity index is 1000. The van der Waals surface area contributed by atoms with Crippen LogP contribution in [-0.2, 0) is 0 Å². The summed E-state index contributed by atoms with van der Waals surface area (Å²) in [5, 5.41) is 22.6. The van der Waals surface area contributed by atoms with Crippen molar-refractivity contribution in [1.82, 2.24) is 15.2 Å². The molecule has 0 spiro atoms. The third-order valence-corrected chi connectivity index (χ3v) is 5.97. The van der Waals surface area contributed by atoms with Crippen molar-refractivity contribution in [3.8, 4) is 22.9 Å². The molecule has 2 N–H and O–H groups in total. The van der Waals surface area contributed by atoms with Gasteiger partial charge in [-0.3, -0.25) is 0 Å². The highest BCUT2D eigenvalue weighted by molar-refractivity contribution is 9.10. The molecule has 0 radical (unpaired) electrons. The molecular formula is C20H19BrN4O2S. The molecule has 6 nitrogen and oxygen atoms in total. The zero-order chi connectivity index (χ0) is 19.5. The molecule has 8 heteroatoms. The average Bonchev–Trinajstić information content (AvgIpc) is 2.86. The van der Waals surface area contributed by atoms with Gasteiger partial charge in [0.25, 0.3) is 0 Å². The number of fused-ring (bicyclic) bond motifs is 3. The summed E-state index contributed by atoms with van der Waals surface area (Å²) in [6.45, 7) is 2.15. The summed E-state index contributed by atoms with van der Waals surface area (Å²) in [5.74, 6) is 1.53. The van der Waals surface area contributed by atoms with Gasteiger partial charge in [-0.2, -0.15) is 4.98 Å². The van der Waals surface area contributed by atoms with E-state index < -0.39 is 6.23 Å². The number of unbranched alkanes of at least 4 members (excludes halogenated alkanes) is 1. The van der Waals surface area contributed by atoms with Gasteiger partial charge in [-0.1, -0.05) is 59.2 Å². The predicted molar refractivity (Wildman–Crippen MR) is 114 cm³/mol. The summed E-state index contributed by atoms with van der Waals surface area (Å²) in [6, 6.07) is 12.9. The number of halogens is 1. The summed E-state index contributed by atoms with van der Waals surface area (Å²) in [7, 11) is 0. The van der Waals surface area contributed by atoms with Crippen molar-refractivity contribution in [3.63, 3.8) is 0 Å². The topological polar surface area (TPSA) is 80.2 Å². The van der Waals surface area contributed by atoms with E-state index in [1.54, 1.807) is 30.0 Å². The number of para-hydroxylation sites is 1. The molecule has 0 aliphatic carbocycles. The van der Waals surface area contributed by atoms with E-state index in [-0.39, 0.29) is 5.75 Å². The fourth-order valence-corrected chi connectivity index (χ4v) is 4.21. The van der Waals surface area contributed by atoms with Gasteiger partial charge < -0.3 is 15.2 Å². The molecule has 1 aromatic heterocycles. The lowest BCUT2D eigenvalue weighted by atomic mass is 10.1. The number of thioether (sulfide) groups is 1. The minimum Gasteiger partial charge on any atom is -0.508 e. The molecule has 4 rings (SSSR count). The minimum atomic E-state index is -0.547. The highest BCUT2D eigenvalue weighted by atomic mass is 79.9. The van der Waals surface area contributed by atoms with E-state index in [2.05, 4.69) is 43.4 Å². The maximum atomic E-state index is 9.95. The number of ether oxygens (including phenoxy) is 1. The van der Waals surface area contributed by atoms with E-state index in [1.807, 2.05) is 24.3 Å². The van der Waals surface area contributed by atoms with Crippen LogP contribution in [0.1, 0.15) is 31.6 Å². The largest absolute Gasteiger partial charge is 0.508 e. The lowest BCUT2D eigenvalue weighted by Crippen LogP contribution is -2.17. The van der Waals surface area contributed by atoms with Gasteiger partial charge >= 0.3 is 0 Å². The molecular weight excluding hydrogens is 440 g/mol. The zero-order valence-corrected chi connectivity index (χ0v) is 17.6. The smallest absolute Gasteiger partial charge is 0.247 e. The number of rotatable bonds is 5. The van der Waals surface area contributed by atoms with Crippen LogP contribution in [0.2, 0.25) is 0 Å². The van der Waals surface area contributed by atoms with Crippen molar-refractivity contribution in [3.05, 3.63) is 52.5 Å². The normalized spacial score (nSPS) is 15.0. The van der Waals surface area contributed by atoms with Crippen molar-refractivity contribution < 1.29 is 9.84 Å². The van der Waals surface area contributed by atoms with Gasteiger partial charge in [-0.05, 0) is 30.7 Å². The molecule has 1 aliphatic rings. The number of nitrogens with one attached hydrogen (secondary N) is 1. The minimum absolute atomic E-state index is 0.165. The van der Waals surface area contributed by atoms with Crippen molar-refractivity contribution in [2.45, 2.75) is 31.1 Å². The molecule has 1 atom stereocenters. The van der Waals surface area contributed by atoms with Gasteiger partial charge in [-0.15, -0.1) is 10.2 Å². The second-order valence-corrected chi connectivity index (χ2v) is 8.26. The van der Waals surface area contributed by atoms with E-state index in [0.29, 0.717) is 16.7 Å². The van der Waals surface area contributed by atoms with Crippen LogP contribution in [0.5, 0.6) is 11.6 Å². The maximum absolute atomic E-state index is 9.95. The fourth-order valence-electron chi connectivity index (χ4n) is 2.89. The zero-order valence-electron chi connectivity index (χ0n) is 15.2. The molecule has 3 aromatic rings. The highest BCUT2D eigenvalue weighted by Gasteiger charge is 2.27. The number of aromatic hydroxyl groups is 1. The Hall–Kier alpha value is -2.32. The second-order valence-electron chi connectivity index (χ2n) is 6.34. The first-order chi connectivity index (χ1) is 13.7. The Morgan fingerprint density at radius 1 is 1.21 bits per heavy atom. The van der Waals surface area contributed by atoms with E-state index in [0.717, 1.165) is 39.9 Å². The summed E-state index contributed by atoms with van der Waals surface area (Å²) < 4.78 is 7.05. The number of aromatic nitrogens is 3. The van der Waals surface area contributed by atoms with Crippen LogP contribution >= 0.6 is 27.7 Å². The molecule has 0 saturated heterocycles. The van der Waals surface area contributed by atoms with Crippen LogP contribution in [0.25, 0.3) is 11.3 Å². The highest BCUT2D eigenvalue weighted by Crippen LogP contribution is 2.41. The Kier molecular flexibility index (Phi) is 5.68. The van der Waals surface area contributed by atoms with Crippen molar-refractivity contribution in [1.29, 1.82) is 0 Å². The first-order valence-corrected chi connectivity index (χ1v) is 10.8. The third kappa shape index (κ3) is 3.93. The lowest BCUT2D eigenvalue weighted by Gasteiger charge is -2.20. The number of anilines is 1. The van der Waals surface area contributed by atoms with E-state index in [1.165, 1.54) is 0 Å². The molecule has 2 heterocycles. The number of nitrogens with zero attached hydrogens (tertiary/aromatic N) is 3. The van der Waals surface area contributed by atoms with E-state index in [4.69, 9.17) is 4.74 Å². The van der Waals surface area contributed by atoms with Crippen molar-refractivity contribution in [2.75, 3.05) is 11.1 Å². The molecule has 2 aromatic carbocycles. The number of phenolic OH excluding ortho intramolecular Hbond substituents is 1. The van der Waals surface area contributed by atoms with Crippen LogP contribution in [0.3, 0.4) is 0 Å². The fraction of sp³-hybridized carbons (Fsp3) is 0.250. The molecule has 0 amide bonds. The number of phenols is 1. The number of hydrogen-bond acceptors (Lipinski definition) is 7. The molecule has 0 fully saturated rings. The molecule has 28 heavy (non-hydrogen) atoms. The Morgan fingerprint density at radius 3 is 2.93 bits per heavy atom. The Balaban J connectivity index is 1.77. The Labute approximate surface area is 175 Å². The number of hydrogen-bond donors (Lipinski definition) is 2. The summed E-state index contributed by atoms with van der Waals surface area (Å²) >= 11 is 5.12. The van der Waals surface area contributed by atoms with Crippen LogP contribution in [0.4, 0.5) is 5.69 Å². The van der Waals surface area contributed by atoms with Gasteiger partial charge in [-0.25, -0.2) is 0 Å². The van der Waals surface area contributed by atoms with Crippen LogP contribution in [0, 0.1) is 0 Å². The maximum Gasteiger partial charge on any atom is 0.247 e. The van der Waals surface area contributed by atoms with Crippen LogP contribution in [0.15, 0.2) is 52.1 Å². The van der Waals surface area contributed by atoms with E-state index >= 15 is 0 Å². The van der Waals surface area contributed by atoms with E-state index in [9.17, 15) is 5.11 Å². The van der Waals surface area contributed by atoms with Gasteiger partial charge in [0.1, 0.15) is 5.75 Å². The van der Waals surface area contributed by atoms with Crippen LogP contribution in [-0.4, -0.2) is 26.0 Å². The number of benzene rings is 2. The molecule has 144 valence electrons. The second kappa shape index (κ2) is 8.36. The lowest BCUT2D eigenvalue weighted by molar-refractivity contribution is 0.224. The quantitative estimate of drug-likeness (QED) is 0.391. The molecule has 0 unspecified atom stereocenters.